The molecule has 1 aromatic heterocycles. The van der Waals surface area contributed by atoms with E-state index in [1.165, 1.54) is 16.9 Å². The van der Waals surface area contributed by atoms with Crippen molar-refractivity contribution >= 4 is 45.1 Å². The maximum Gasteiger partial charge on any atom is 0.325 e. The van der Waals surface area contributed by atoms with Crippen LogP contribution in [0.1, 0.15) is 37.8 Å². The van der Waals surface area contributed by atoms with Crippen LogP contribution in [0.5, 0.6) is 0 Å². The highest BCUT2D eigenvalue weighted by Crippen LogP contribution is 2.31. The smallest absolute Gasteiger partial charge is 0.319 e. The van der Waals surface area contributed by atoms with E-state index < -0.39 is 29.9 Å². The molecule has 182 valence electrons. The number of nitrogens with zero attached hydrogens (tertiary/aromatic N) is 3. The summed E-state index contributed by atoms with van der Waals surface area (Å²) in [4.78, 5) is 39.6. The first-order chi connectivity index (χ1) is 17.2. The van der Waals surface area contributed by atoms with E-state index in [1.807, 2.05) is 66.7 Å². The normalized spacial score (nSPS) is 17.6. The predicted octanol–water partition coefficient (Wildman–Crippen LogP) is 4.89. The minimum atomic E-state index is -1.26. The fourth-order valence-corrected chi connectivity index (χ4v) is 5.01. The van der Waals surface area contributed by atoms with Gasteiger partial charge in [0.25, 0.3) is 5.91 Å². The Morgan fingerprint density at radius 3 is 2.47 bits per heavy atom. The number of hydrogen-bond donors (Lipinski definition) is 2. The highest BCUT2D eigenvalue weighted by Gasteiger charge is 2.49. The number of nitrogens with one attached hydrogen (secondary N) is 2. The van der Waals surface area contributed by atoms with Gasteiger partial charge in [-0.3, -0.25) is 19.8 Å². The zero-order valence-electron chi connectivity index (χ0n) is 20.1. The molecule has 1 aliphatic heterocycles. The van der Waals surface area contributed by atoms with Gasteiger partial charge >= 0.3 is 6.03 Å². The van der Waals surface area contributed by atoms with Gasteiger partial charge in [-0.15, -0.1) is 10.2 Å². The number of urea groups is 1. The molecule has 9 heteroatoms. The van der Waals surface area contributed by atoms with Gasteiger partial charge in [-0.1, -0.05) is 85.8 Å². The van der Waals surface area contributed by atoms with Crippen LogP contribution in [0.4, 0.5) is 9.93 Å². The standard InChI is InChI=1S/C27H25N5O3S/c1-16(2)17-8-10-19(11-9-17)23-30-31-25(36-23)28-22(33)15-32-24(34)27(3,29-26(32)35)21-13-12-18-6-4-5-7-20(18)14-21/h4-14,16H,15H2,1-3H3,(H,29,35)(H,28,31,33)/t27-/m1/s1. The minimum absolute atomic E-state index is 0.298. The summed E-state index contributed by atoms with van der Waals surface area (Å²) in [5, 5.41) is 16.6. The van der Waals surface area contributed by atoms with Crippen LogP contribution in [0.15, 0.2) is 66.7 Å². The molecule has 2 N–H and O–H groups in total. The van der Waals surface area contributed by atoms with Crippen LogP contribution in [0.2, 0.25) is 0 Å². The van der Waals surface area contributed by atoms with Crippen molar-refractivity contribution in [1.82, 2.24) is 20.4 Å². The van der Waals surface area contributed by atoms with Gasteiger partial charge in [-0.05, 0) is 40.8 Å². The van der Waals surface area contributed by atoms with Gasteiger partial charge in [0, 0.05) is 5.56 Å². The van der Waals surface area contributed by atoms with Crippen molar-refractivity contribution in [2.45, 2.75) is 32.2 Å². The number of imide groups is 1. The van der Waals surface area contributed by atoms with Crippen LogP contribution >= 0.6 is 11.3 Å². The third kappa shape index (κ3) is 4.33. The minimum Gasteiger partial charge on any atom is -0.319 e. The average Bonchev–Trinajstić information content (AvgIpc) is 3.42. The first-order valence-corrected chi connectivity index (χ1v) is 12.4. The van der Waals surface area contributed by atoms with Crippen LogP contribution in [-0.2, 0) is 15.1 Å². The fraction of sp³-hybridized carbons (Fsp3) is 0.222. The molecule has 0 spiro atoms. The van der Waals surface area contributed by atoms with Crippen molar-refractivity contribution in [2.75, 3.05) is 11.9 Å². The zero-order valence-corrected chi connectivity index (χ0v) is 20.9. The molecule has 0 unspecified atom stereocenters. The lowest BCUT2D eigenvalue weighted by atomic mass is 9.90. The number of hydrogen-bond acceptors (Lipinski definition) is 6. The molecule has 0 saturated carbocycles. The summed E-state index contributed by atoms with van der Waals surface area (Å²) in [7, 11) is 0. The van der Waals surface area contributed by atoms with Crippen LogP contribution in [0, 0.1) is 0 Å². The van der Waals surface area contributed by atoms with Crippen LogP contribution in [0.25, 0.3) is 21.3 Å². The Labute approximate surface area is 212 Å². The van der Waals surface area contributed by atoms with Crippen LogP contribution in [-0.4, -0.2) is 39.5 Å². The Balaban J connectivity index is 1.27. The molecule has 2 heterocycles. The number of amides is 4. The quantitative estimate of drug-likeness (QED) is 0.368. The first-order valence-electron chi connectivity index (χ1n) is 11.6. The molecule has 8 nitrogen and oxygen atoms in total. The molecule has 0 radical (unpaired) electrons. The fourth-order valence-electron chi connectivity index (χ4n) is 4.24. The number of carbonyl (C=O) groups excluding carboxylic acids is 3. The van der Waals surface area contributed by atoms with E-state index in [9.17, 15) is 14.4 Å². The van der Waals surface area contributed by atoms with Crippen molar-refractivity contribution in [2.24, 2.45) is 0 Å². The average molecular weight is 500 g/mol. The van der Waals surface area contributed by atoms with E-state index in [-0.39, 0.29) is 0 Å². The van der Waals surface area contributed by atoms with Gasteiger partial charge in [0.1, 0.15) is 17.1 Å². The van der Waals surface area contributed by atoms with Crippen LogP contribution < -0.4 is 10.6 Å². The molecule has 3 aromatic carbocycles. The Kier molecular flexibility index (Phi) is 6.01. The lowest BCUT2D eigenvalue weighted by molar-refractivity contribution is -0.133. The molecule has 36 heavy (non-hydrogen) atoms. The lowest BCUT2D eigenvalue weighted by Gasteiger charge is -2.22. The van der Waals surface area contributed by atoms with E-state index in [1.54, 1.807) is 6.92 Å². The van der Waals surface area contributed by atoms with Gasteiger partial charge < -0.3 is 5.32 Å². The first kappa shape index (κ1) is 23.6. The molecule has 1 aliphatic rings. The topological polar surface area (TPSA) is 104 Å². The Hall–Kier alpha value is -4.11. The maximum absolute atomic E-state index is 13.3. The summed E-state index contributed by atoms with van der Waals surface area (Å²) in [6, 6.07) is 20.8. The summed E-state index contributed by atoms with van der Waals surface area (Å²) >= 11 is 1.23. The number of carbonyl (C=O) groups is 3. The largest absolute Gasteiger partial charge is 0.325 e. The van der Waals surface area contributed by atoms with Gasteiger partial charge in [0.2, 0.25) is 11.0 Å². The second kappa shape index (κ2) is 9.16. The molecular weight excluding hydrogens is 474 g/mol. The van der Waals surface area contributed by atoms with Gasteiger partial charge in [0.15, 0.2) is 0 Å². The second-order valence-corrected chi connectivity index (χ2v) is 10.2. The summed E-state index contributed by atoms with van der Waals surface area (Å²) in [6.45, 7) is 5.48. The Bertz CT molecular complexity index is 1480. The SMILES string of the molecule is CC(C)c1ccc(-c2nnc(NC(=O)CN3C(=O)N[C@](C)(c4ccc5ccccc5c4)C3=O)s2)cc1. The molecule has 1 saturated heterocycles. The van der Waals surface area contributed by atoms with E-state index in [0.29, 0.717) is 21.6 Å². The number of rotatable bonds is 6. The Morgan fingerprint density at radius 1 is 1.03 bits per heavy atom. The number of aromatic nitrogens is 2. The number of fused-ring (bicyclic) bond motifs is 1. The zero-order chi connectivity index (χ0) is 25.4. The monoisotopic (exact) mass is 499 g/mol. The van der Waals surface area contributed by atoms with Gasteiger partial charge in [-0.25, -0.2) is 4.79 Å². The highest BCUT2D eigenvalue weighted by atomic mass is 32.1. The van der Waals surface area contributed by atoms with E-state index in [4.69, 9.17) is 0 Å². The number of benzene rings is 3. The number of anilines is 1. The summed E-state index contributed by atoms with van der Waals surface area (Å²) < 4.78 is 0. The van der Waals surface area contributed by atoms with E-state index in [2.05, 4.69) is 34.7 Å². The lowest BCUT2D eigenvalue weighted by Crippen LogP contribution is -2.42. The summed E-state index contributed by atoms with van der Waals surface area (Å²) in [5.74, 6) is -0.586. The molecule has 4 amide bonds. The van der Waals surface area contributed by atoms with E-state index in [0.717, 1.165) is 21.2 Å². The Morgan fingerprint density at radius 2 is 1.75 bits per heavy atom. The molecule has 0 bridgehead atoms. The molecule has 1 atom stereocenters. The van der Waals surface area contributed by atoms with Crippen LogP contribution in [0.3, 0.4) is 0 Å². The second-order valence-electron chi connectivity index (χ2n) is 9.25. The van der Waals surface area contributed by atoms with Crippen molar-refractivity contribution in [3.05, 3.63) is 77.9 Å². The molecule has 4 aromatic rings. The maximum atomic E-state index is 13.3. The summed E-state index contributed by atoms with van der Waals surface area (Å²) in [5.41, 5.74) is 1.51. The van der Waals surface area contributed by atoms with Crippen molar-refractivity contribution in [1.29, 1.82) is 0 Å². The summed E-state index contributed by atoms with van der Waals surface area (Å²) in [6.07, 6.45) is 0. The molecular formula is C27H25N5O3S. The van der Waals surface area contributed by atoms with Gasteiger partial charge in [0.05, 0.1) is 0 Å². The van der Waals surface area contributed by atoms with E-state index >= 15 is 0 Å². The molecule has 0 aliphatic carbocycles. The van der Waals surface area contributed by atoms with Crippen molar-refractivity contribution in [3.8, 4) is 10.6 Å². The van der Waals surface area contributed by atoms with Crippen molar-refractivity contribution < 1.29 is 14.4 Å². The highest BCUT2D eigenvalue weighted by molar-refractivity contribution is 7.18. The van der Waals surface area contributed by atoms with Gasteiger partial charge in [-0.2, -0.15) is 0 Å². The third-order valence-corrected chi connectivity index (χ3v) is 7.29. The molecule has 5 rings (SSSR count). The predicted molar refractivity (Wildman–Crippen MR) is 140 cm³/mol. The molecule has 1 fully saturated rings. The third-order valence-electron chi connectivity index (χ3n) is 6.40. The van der Waals surface area contributed by atoms with Crippen molar-refractivity contribution in [3.63, 3.8) is 0 Å².